The van der Waals surface area contributed by atoms with Gasteiger partial charge in [-0.1, -0.05) is 12.0 Å². The van der Waals surface area contributed by atoms with Gasteiger partial charge in [0.05, 0.1) is 7.11 Å². The van der Waals surface area contributed by atoms with E-state index in [0.29, 0.717) is 11.4 Å². The lowest BCUT2D eigenvalue weighted by Gasteiger charge is -2.03. The minimum Gasteiger partial charge on any atom is -0.497 e. The molecule has 3 heteroatoms. The number of methoxy groups -OCH3 is 1. The fraction of sp³-hybridized carbons (Fsp3) is 0.182. The van der Waals surface area contributed by atoms with Gasteiger partial charge in [-0.2, -0.15) is 0 Å². The van der Waals surface area contributed by atoms with Gasteiger partial charge in [0, 0.05) is 11.8 Å². The molecular weight excluding hydrogens is 178 g/mol. The third-order valence-corrected chi connectivity index (χ3v) is 1.57. The summed E-state index contributed by atoms with van der Waals surface area (Å²) in [5.74, 6) is 5.30. The average molecular weight is 189 g/mol. The Morgan fingerprint density at radius 1 is 1.50 bits per heavy atom. The molecule has 0 aliphatic rings. The zero-order valence-electron chi connectivity index (χ0n) is 8.13. The van der Waals surface area contributed by atoms with E-state index >= 15 is 0 Å². The molecule has 0 spiro atoms. The second-order valence-electron chi connectivity index (χ2n) is 2.56. The van der Waals surface area contributed by atoms with Crippen LogP contribution < -0.4 is 10.1 Å². The number of ether oxygens (including phenoxy) is 1. The molecule has 1 amide bonds. The van der Waals surface area contributed by atoms with Gasteiger partial charge in [-0.05, 0) is 25.0 Å². The molecule has 0 fully saturated rings. The Kier molecular flexibility index (Phi) is 3.57. The van der Waals surface area contributed by atoms with Crippen LogP contribution in [0, 0.1) is 11.8 Å². The first-order valence-electron chi connectivity index (χ1n) is 4.14. The van der Waals surface area contributed by atoms with Crippen LogP contribution in [0.25, 0.3) is 0 Å². The summed E-state index contributed by atoms with van der Waals surface area (Å²) in [7, 11) is 1.58. The van der Waals surface area contributed by atoms with Crippen molar-refractivity contribution in [3.05, 3.63) is 24.3 Å². The zero-order valence-corrected chi connectivity index (χ0v) is 8.13. The van der Waals surface area contributed by atoms with Gasteiger partial charge in [-0.15, -0.1) is 0 Å². The molecule has 0 aliphatic heterocycles. The van der Waals surface area contributed by atoms with E-state index in [4.69, 9.17) is 4.74 Å². The van der Waals surface area contributed by atoms with Crippen LogP contribution in [0.15, 0.2) is 24.3 Å². The number of carbonyl (C=O) groups excluding carboxylic acids is 1. The van der Waals surface area contributed by atoms with E-state index in [-0.39, 0.29) is 5.91 Å². The van der Waals surface area contributed by atoms with Crippen molar-refractivity contribution in [2.75, 3.05) is 12.4 Å². The molecule has 1 aromatic carbocycles. The molecule has 0 aliphatic carbocycles. The molecule has 0 aromatic heterocycles. The summed E-state index contributed by atoms with van der Waals surface area (Å²) in [5, 5.41) is 2.62. The van der Waals surface area contributed by atoms with E-state index in [1.54, 1.807) is 38.3 Å². The predicted octanol–water partition coefficient (Wildman–Crippen LogP) is 1.66. The predicted molar refractivity (Wildman–Crippen MR) is 55.1 cm³/mol. The average Bonchev–Trinajstić information content (AvgIpc) is 2.18. The quantitative estimate of drug-likeness (QED) is 0.718. The van der Waals surface area contributed by atoms with Gasteiger partial charge in [0.1, 0.15) is 5.75 Å². The molecule has 0 atom stereocenters. The number of benzene rings is 1. The monoisotopic (exact) mass is 189 g/mol. The fourth-order valence-corrected chi connectivity index (χ4v) is 0.977. The Bertz CT molecular complexity index is 388. The number of hydrogen-bond acceptors (Lipinski definition) is 2. The molecule has 0 unspecified atom stereocenters. The van der Waals surface area contributed by atoms with E-state index < -0.39 is 0 Å². The summed E-state index contributed by atoms with van der Waals surface area (Å²) < 4.78 is 5.01. The summed E-state index contributed by atoms with van der Waals surface area (Å²) in [5.41, 5.74) is 0.678. The summed E-state index contributed by atoms with van der Waals surface area (Å²) in [6.07, 6.45) is 0. The lowest BCUT2D eigenvalue weighted by atomic mass is 10.3. The topological polar surface area (TPSA) is 38.3 Å². The molecule has 1 rings (SSSR count). The molecular formula is C11H11NO2. The van der Waals surface area contributed by atoms with E-state index in [9.17, 15) is 4.79 Å². The highest BCUT2D eigenvalue weighted by Gasteiger charge is 1.98. The van der Waals surface area contributed by atoms with E-state index in [1.165, 1.54) is 0 Å². The van der Waals surface area contributed by atoms with Crippen LogP contribution >= 0.6 is 0 Å². The van der Waals surface area contributed by atoms with Gasteiger partial charge >= 0.3 is 0 Å². The SMILES string of the molecule is CC#CC(=O)Nc1cccc(OC)c1. The number of amides is 1. The Morgan fingerprint density at radius 3 is 2.93 bits per heavy atom. The van der Waals surface area contributed by atoms with Crippen molar-refractivity contribution >= 4 is 11.6 Å². The zero-order chi connectivity index (χ0) is 10.4. The normalized spacial score (nSPS) is 8.43. The van der Waals surface area contributed by atoms with Crippen molar-refractivity contribution < 1.29 is 9.53 Å². The van der Waals surface area contributed by atoms with E-state index in [0.717, 1.165) is 0 Å². The first-order valence-corrected chi connectivity index (χ1v) is 4.14. The highest BCUT2D eigenvalue weighted by Crippen LogP contribution is 2.16. The van der Waals surface area contributed by atoms with Crippen molar-refractivity contribution in [1.82, 2.24) is 0 Å². The van der Waals surface area contributed by atoms with Crippen LogP contribution in [0.1, 0.15) is 6.92 Å². The molecule has 0 radical (unpaired) electrons. The standard InChI is InChI=1S/C11H11NO2/c1-3-5-11(13)12-9-6-4-7-10(8-9)14-2/h4,6-8H,1-2H3,(H,12,13). The largest absolute Gasteiger partial charge is 0.497 e. The van der Waals surface area contributed by atoms with Crippen molar-refractivity contribution in [2.45, 2.75) is 6.92 Å². The Balaban J connectivity index is 2.75. The second kappa shape index (κ2) is 4.93. The summed E-state index contributed by atoms with van der Waals surface area (Å²) >= 11 is 0. The lowest BCUT2D eigenvalue weighted by Crippen LogP contribution is -2.08. The van der Waals surface area contributed by atoms with Crippen LogP contribution in [-0.4, -0.2) is 13.0 Å². The molecule has 0 saturated carbocycles. The second-order valence-corrected chi connectivity index (χ2v) is 2.56. The third-order valence-electron chi connectivity index (χ3n) is 1.57. The van der Waals surface area contributed by atoms with Gasteiger partial charge < -0.3 is 10.1 Å². The number of hydrogen-bond donors (Lipinski definition) is 1. The molecule has 0 bridgehead atoms. The molecule has 1 aromatic rings. The Morgan fingerprint density at radius 2 is 2.29 bits per heavy atom. The number of anilines is 1. The minimum atomic E-state index is -0.319. The van der Waals surface area contributed by atoms with Crippen molar-refractivity contribution in [3.8, 4) is 17.6 Å². The van der Waals surface area contributed by atoms with Crippen molar-refractivity contribution in [2.24, 2.45) is 0 Å². The lowest BCUT2D eigenvalue weighted by molar-refractivity contribution is -0.111. The molecule has 1 N–H and O–H groups in total. The number of nitrogens with one attached hydrogen (secondary N) is 1. The van der Waals surface area contributed by atoms with Crippen molar-refractivity contribution in [3.63, 3.8) is 0 Å². The molecule has 3 nitrogen and oxygen atoms in total. The van der Waals surface area contributed by atoms with E-state index in [2.05, 4.69) is 17.2 Å². The maximum atomic E-state index is 11.1. The van der Waals surface area contributed by atoms with Crippen LogP contribution in [0.2, 0.25) is 0 Å². The van der Waals surface area contributed by atoms with Gasteiger partial charge in [-0.25, -0.2) is 0 Å². The molecule has 0 saturated heterocycles. The van der Waals surface area contributed by atoms with Gasteiger partial charge in [0.15, 0.2) is 0 Å². The van der Waals surface area contributed by atoms with Crippen LogP contribution in [-0.2, 0) is 4.79 Å². The third kappa shape index (κ3) is 2.83. The summed E-state index contributed by atoms with van der Waals surface area (Å²) in [6, 6.07) is 7.11. The summed E-state index contributed by atoms with van der Waals surface area (Å²) in [6.45, 7) is 1.62. The van der Waals surface area contributed by atoms with Crippen LogP contribution in [0.5, 0.6) is 5.75 Å². The number of carbonyl (C=O) groups is 1. The van der Waals surface area contributed by atoms with Gasteiger partial charge in [-0.3, -0.25) is 4.79 Å². The molecule has 72 valence electrons. The van der Waals surface area contributed by atoms with Gasteiger partial charge in [0.2, 0.25) is 0 Å². The Labute approximate surface area is 83.1 Å². The first-order chi connectivity index (χ1) is 6.76. The number of rotatable bonds is 2. The van der Waals surface area contributed by atoms with Gasteiger partial charge in [0.25, 0.3) is 5.91 Å². The van der Waals surface area contributed by atoms with Crippen LogP contribution in [0.3, 0.4) is 0 Å². The Hall–Kier alpha value is -1.95. The van der Waals surface area contributed by atoms with Crippen molar-refractivity contribution in [1.29, 1.82) is 0 Å². The highest BCUT2D eigenvalue weighted by atomic mass is 16.5. The highest BCUT2D eigenvalue weighted by molar-refractivity contribution is 6.03. The van der Waals surface area contributed by atoms with Crippen LogP contribution in [0.4, 0.5) is 5.69 Å². The maximum absolute atomic E-state index is 11.1. The van der Waals surface area contributed by atoms with E-state index in [1.807, 2.05) is 0 Å². The fourth-order valence-electron chi connectivity index (χ4n) is 0.977. The molecule has 14 heavy (non-hydrogen) atoms. The maximum Gasteiger partial charge on any atom is 0.300 e. The summed E-state index contributed by atoms with van der Waals surface area (Å²) in [4.78, 5) is 11.1. The smallest absolute Gasteiger partial charge is 0.300 e. The first kappa shape index (κ1) is 10.1. The molecule has 0 heterocycles. The minimum absolute atomic E-state index is 0.319.